The zero-order valence-electron chi connectivity index (χ0n) is 23.2. The van der Waals surface area contributed by atoms with Gasteiger partial charge < -0.3 is 9.80 Å². The Morgan fingerprint density at radius 3 is 2.33 bits per heavy atom. The maximum atomic E-state index is 13.8. The molecular weight excluding hydrogens is 502 g/mol. The number of hydrogen-bond acceptors (Lipinski definition) is 4. The average molecular weight is 540 g/mol. The van der Waals surface area contributed by atoms with Gasteiger partial charge >= 0.3 is 0 Å². The third-order valence-corrected chi connectivity index (χ3v) is 7.43. The molecule has 7 heteroatoms. The second-order valence-electron chi connectivity index (χ2n) is 10.3. The lowest BCUT2D eigenvalue weighted by Gasteiger charge is -2.43. The molecule has 208 valence electrons. The number of carbonyl (C=O) groups is 2. The molecule has 1 aliphatic heterocycles. The van der Waals surface area contributed by atoms with Crippen molar-refractivity contribution in [3.05, 3.63) is 106 Å². The van der Waals surface area contributed by atoms with Crippen LogP contribution in [0.4, 0.5) is 17.1 Å². The molecule has 7 nitrogen and oxygen atoms in total. The predicted molar refractivity (Wildman–Crippen MR) is 160 cm³/mol. The molecule has 0 fully saturated rings. The Hall–Kier alpha value is -4.26. The molecule has 4 rings (SSSR count). The normalized spacial score (nSPS) is 16.5. The summed E-state index contributed by atoms with van der Waals surface area (Å²) in [5, 5.41) is 11.0. The monoisotopic (exact) mass is 539 g/mol. The van der Waals surface area contributed by atoms with E-state index in [0.717, 1.165) is 36.2 Å². The number of fused-ring (bicyclic) bond motifs is 1. The molecular formula is C33H37N3O4. The highest BCUT2D eigenvalue weighted by molar-refractivity contribution is 6.05. The highest BCUT2D eigenvalue weighted by Gasteiger charge is 2.37. The molecule has 0 saturated heterocycles. The second-order valence-corrected chi connectivity index (χ2v) is 10.3. The summed E-state index contributed by atoms with van der Waals surface area (Å²) >= 11 is 0. The van der Waals surface area contributed by atoms with E-state index in [-0.39, 0.29) is 29.6 Å². The summed E-state index contributed by atoms with van der Waals surface area (Å²) in [7, 11) is 0. The number of nitro groups is 1. The van der Waals surface area contributed by atoms with Crippen LogP contribution in [-0.2, 0) is 9.59 Å². The van der Waals surface area contributed by atoms with Crippen LogP contribution in [0.3, 0.4) is 0 Å². The standard InChI is InChI=1S/C33H37N3O4/c1-3-4-5-6-10-17-32(37)34-25(2)24-31(29-15-11-12-16-30(29)34)35(27-13-8-7-9-14-27)33(38)23-20-26-18-21-28(22-19-26)36(39)40/h7-9,11-16,18-23,25,31H,3-6,10,17,24H2,1-2H3/b23-20+. The van der Waals surface area contributed by atoms with E-state index >= 15 is 0 Å². The number of carbonyl (C=O) groups excluding carboxylic acids is 2. The number of para-hydroxylation sites is 2. The Morgan fingerprint density at radius 1 is 0.950 bits per heavy atom. The molecule has 0 aliphatic carbocycles. The summed E-state index contributed by atoms with van der Waals surface area (Å²) in [5.41, 5.74) is 3.27. The Balaban J connectivity index is 1.62. The van der Waals surface area contributed by atoms with Gasteiger partial charge in [-0.1, -0.05) is 69.0 Å². The third kappa shape index (κ3) is 6.84. The van der Waals surface area contributed by atoms with Gasteiger partial charge in [-0.15, -0.1) is 0 Å². The Bertz CT molecular complexity index is 1340. The maximum absolute atomic E-state index is 13.8. The molecule has 3 aromatic carbocycles. The molecule has 0 spiro atoms. The van der Waals surface area contributed by atoms with Gasteiger partial charge in [-0.05, 0) is 67.3 Å². The molecule has 0 aromatic heterocycles. The SMILES string of the molecule is CCCCCCCC(=O)N1c2ccccc2C(N(C(=O)/C=C/c2ccc([N+](=O)[O-])cc2)c2ccccc2)CC1C. The Kier molecular flexibility index (Phi) is 9.84. The summed E-state index contributed by atoms with van der Waals surface area (Å²) in [6.45, 7) is 4.24. The number of hydrogen-bond donors (Lipinski definition) is 0. The van der Waals surface area contributed by atoms with Crippen molar-refractivity contribution in [1.29, 1.82) is 0 Å². The van der Waals surface area contributed by atoms with E-state index in [0.29, 0.717) is 18.4 Å². The summed E-state index contributed by atoms with van der Waals surface area (Å²) < 4.78 is 0. The van der Waals surface area contributed by atoms with Gasteiger partial charge in [0.2, 0.25) is 5.91 Å². The van der Waals surface area contributed by atoms with Gasteiger partial charge in [-0.2, -0.15) is 0 Å². The van der Waals surface area contributed by atoms with Crippen molar-refractivity contribution in [2.24, 2.45) is 0 Å². The number of nitrogens with zero attached hydrogens (tertiary/aromatic N) is 3. The highest BCUT2D eigenvalue weighted by Crippen LogP contribution is 2.42. The number of anilines is 2. The zero-order chi connectivity index (χ0) is 28.5. The average Bonchev–Trinajstić information content (AvgIpc) is 2.97. The van der Waals surface area contributed by atoms with Gasteiger partial charge in [0.25, 0.3) is 11.6 Å². The molecule has 1 aliphatic rings. The van der Waals surface area contributed by atoms with Gasteiger partial charge in [0.15, 0.2) is 0 Å². The minimum Gasteiger partial charge on any atom is -0.309 e. The van der Waals surface area contributed by atoms with Gasteiger partial charge in [0, 0.05) is 42.0 Å². The van der Waals surface area contributed by atoms with Crippen LogP contribution in [0.1, 0.15) is 76.0 Å². The number of rotatable bonds is 11. The van der Waals surface area contributed by atoms with Crippen LogP contribution in [0.2, 0.25) is 0 Å². The summed E-state index contributed by atoms with van der Waals surface area (Å²) in [6.07, 6.45) is 9.77. The van der Waals surface area contributed by atoms with Crippen molar-refractivity contribution in [2.75, 3.05) is 9.80 Å². The zero-order valence-corrected chi connectivity index (χ0v) is 23.2. The van der Waals surface area contributed by atoms with Gasteiger partial charge in [-0.3, -0.25) is 19.7 Å². The van der Waals surface area contributed by atoms with E-state index < -0.39 is 4.92 Å². The first-order chi connectivity index (χ1) is 19.4. The minimum absolute atomic E-state index is 0.00208. The van der Waals surface area contributed by atoms with Crippen LogP contribution < -0.4 is 9.80 Å². The number of unbranched alkanes of at least 4 members (excludes halogenated alkanes) is 4. The largest absolute Gasteiger partial charge is 0.309 e. The highest BCUT2D eigenvalue weighted by atomic mass is 16.6. The van der Waals surface area contributed by atoms with Crippen LogP contribution >= 0.6 is 0 Å². The van der Waals surface area contributed by atoms with Crippen molar-refractivity contribution >= 4 is 35.0 Å². The fraction of sp³-hybridized carbons (Fsp3) is 0.333. The first-order valence-electron chi connectivity index (χ1n) is 14.1. The Morgan fingerprint density at radius 2 is 1.62 bits per heavy atom. The number of amides is 2. The van der Waals surface area contributed by atoms with Crippen molar-refractivity contribution in [3.8, 4) is 0 Å². The number of non-ortho nitro benzene ring substituents is 1. The Labute approximate surface area is 236 Å². The van der Waals surface area contributed by atoms with Crippen LogP contribution in [0.15, 0.2) is 84.9 Å². The third-order valence-electron chi connectivity index (χ3n) is 7.43. The minimum atomic E-state index is -0.446. The van der Waals surface area contributed by atoms with Crippen LogP contribution in [0.25, 0.3) is 6.08 Å². The predicted octanol–water partition coefficient (Wildman–Crippen LogP) is 7.87. The summed E-state index contributed by atoms with van der Waals surface area (Å²) in [6, 6.07) is 23.2. The molecule has 0 saturated carbocycles. The lowest BCUT2D eigenvalue weighted by molar-refractivity contribution is -0.384. The molecule has 0 radical (unpaired) electrons. The van der Waals surface area contributed by atoms with Crippen LogP contribution in [0, 0.1) is 10.1 Å². The smallest absolute Gasteiger partial charge is 0.269 e. The fourth-order valence-corrected chi connectivity index (χ4v) is 5.41. The van der Waals surface area contributed by atoms with E-state index in [2.05, 4.69) is 13.8 Å². The van der Waals surface area contributed by atoms with E-state index in [1.807, 2.05) is 59.5 Å². The van der Waals surface area contributed by atoms with Crippen molar-refractivity contribution in [3.63, 3.8) is 0 Å². The van der Waals surface area contributed by atoms with E-state index in [9.17, 15) is 19.7 Å². The van der Waals surface area contributed by atoms with E-state index in [1.54, 1.807) is 23.1 Å². The number of benzene rings is 3. The van der Waals surface area contributed by atoms with Crippen molar-refractivity contribution in [1.82, 2.24) is 0 Å². The van der Waals surface area contributed by atoms with Gasteiger partial charge in [0.1, 0.15) is 0 Å². The molecule has 2 atom stereocenters. The molecule has 2 amide bonds. The second kappa shape index (κ2) is 13.7. The van der Waals surface area contributed by atoms with Gasteiger partial charge in [-0.25, -0.2) is 0 Å². The fourth-order valence-electron chi connectivity index (χ4n) is 5.41. The first kappa shape index (κ1) is 28.7. The summed E-state index contributed by atoms with van der Waals surface area (Å²) in [4.78, 5) is 41.5. The first-order valence-corrected chi connectivity index (χ1v) is 14.1. The lowest BCUT2D eigenvalue weighted by atomic mass is 9.89. The van der Waals surface area contributed by atoms with E-state index in [1.165, 1.54) is 31.1 Å². The van der Waals surface area contributed by atoms with Crippen molar-refractivity contribution < 1.29 is 14.5 Å². The molecule has 0 N–H and O–H groups in total. The molecule has 3 aromatic rings. The molecule has 40 heavy (non-hydrogen) atoms. The van der Waals surface area contributed by atoms with Crippen LogP contribution in [0.5, 0.6) is 0 Å². The van der Waals surface area contributed by atoms with E-state index in [4.69, 9.17) is 0 Å². The summed E-state index contributed by atoms with van der Waals surface area (Å²) in [5.74, 6) is -0.0715. The molecule has 1 heterocycles. The van der Waals surface area contributed by atoms with Crippen molar-refractivity contribution in [2.45, 2.75) is 70.9 Å². The lowest BCUT2D eigenvalue weighted by Crippen LogP contribution is -2.47. The quantitative estimate of drug-likeness (QED) is 0.107. The molecule has 0 bridgehead atoms. The topological polar surface area (TPSA) is 83.8 Å². The van der Waals surface area contributed by atoms with Crippen LogP contribution in [-0.4, -0.2) is 22.8 Å². The molecule has 2 unspecified atom stereocenters. The number of nitro benzene ring substituents is 1. The maximum Gasteiger partial charge on any atom is 0.269 e. The van der Waals surface area contributed by atoms with Gasteiger partial charge in [0.05, 0.1) is 11.0 Å².